The molecule has 1 aromatic heterocycles. The zero-order valence-electron chi connectivity index (χ0n) is 7.20. The SMILES string of the molecule is [c]1nc(C2CC2)c2ccccc2n1. The number of nitrogens with zero attached hydrogens (tertiary/aromatic N) is 2. The van der Waals surface area contributed by atoms with Gasteiger partial charge in [-0.25, -0.2) is 9.97 Å². The second-order valence-electron chi connectivity index (χ2n) is 3.50. The fraction of sp³-hybridized carbons (Fsp3) is 0.273. The van der Waals surface area contributed by atoms with Crippen molar-refractivity contribution in [3.8, 4) is 0 Å². The van der Waals surface area contributed by atoms with Crippen molar-refractivity contribution in [1.82, 2.24) is 9.97 Å². The largest absolute Gasteiger partial charge is 0.229 e. The highest BCUT2D eigenvalue weighted by Gasteiger charge is 2.26. The molecule has 1 fully saturated rings. The second-order valence-corrected chi connectivity index (χ2v) is 3.50. The Morgan fingerprint density at radius 1 is 1.15 bits per heavy atom. The van der Waals surface area contributed by atoms with E-state index in [2.05, 4.69) is 22.4 Å². The summed E-state index contributed by atoms with van der Waals surface area (Å²) in [6.07, 6.45) is 5.27. The van der Waals surface area contributed by atoms with Crippen LogP contribution in [0.25, 0.3) is 10.9 Å². The number of hydrogen-bond acceptors (Lipinski definition) is 2. The van der Waals surface area contributed by atoms with E-state index in [0.29, 0.717) is 5.92 Å². The Kier molecular flexibility index (Phi) is 1.36. The van der Waals surface area contributed by atoms with E-state index in [1.54, 1.807) is 0 Å². The van der Waals surface area contributed by atoms with Crippen molar-refractivity contribution in [3.05, 3.63) is 36.3 Å². The summed E-state index contributed by atoms with van der Waals surface area (Å²) in [4.78, 5) is 8.35. The third-order valence-electron chi connectivity index (χ3n) is 2.48. The molecule has 0 bridgehead atoms. The first-order valence-electron chi connectivity index (χ1n) is 4.58. The molecule has 13 heavy (non-hydrogen) atoms. The Bertz CT molecular complexity index is 441. The standard InChI is InChI=1S/C11H9N2/c1-2-4-10-9(3-1)11(8-5-6-8)13-7-12-10/h1-4,8H,5-6H2. The Balaban J connectivity index is 2.32. The lowest BCUT2D eigenvalue weighted by Crippen LogP contribution is -1.90. The normalized spacial score (nSPS) is 16.3. The molecule has 0 aliphatic heterocycles. The summed E-state index contributed by atoms with van der Waals surface area (Å²) in [7, 11) is 0. The van der Waals surface area contributed by atoms with Gasteiger partial charge in [0.15, 0.2) is 6.33 Å². The number of rotatable bonds is 1. The third kappa shape index (κ3) is 1.10. The molecule has 1 aromatic carbocycles. The van der Waals surface area contributed by atoms with E-state index >= 15 is 0 Å². The van der Waals surface area contributed by atoms with Crippen LogP contribution in [0, 0.1) is 6.33 Å². The molecule has 2 heteroatoms. The molecule has 1 aliphatic rings. The molecule has 0 saturated heterocycles. The van der Waals surface area contributed by atoms with Crippen molar-refractivity contribution in [2.75, 3.05) is 0 Å². The highest BCUT2D eigenvalue weighted by Crippen LogP contribution is 2.41. The van der Waals surface area contributed by atoms with E-state index in [1.165, 1.54) is 23.9 Å². The summed E-state index contributed by atoms with van der Waals surface area (Å²) < 4.78 is 0. The molecule has 0 atom stereocenters. The van der Waals surface area contributed by atoms with Crippen LogP contribution in [0.2, 0.25) is 0 Å². The average molecular weight is 169 g/mol. The van der Waals surface area contributed by atoms with Crippen LogP contribution in [0.3, 0.4) is 0 Å². The first-order chi connectivity index (χ1) is 6.45. The lowest BCUT2D eigenvalue weighted by atomic mass is 10.1. The summed E-state index contributed by atoms with van der Waals surface area (Å²) in [6.45, 7) is 0. The monoisotopic (exact) mass is 169 g/mol. The first-order valence-corrected chi connectivity index (χ1v) is 4.58. The summed E-state index contributed by atoms with van der Waals surface area (Å²) in [5.74, 6) is 0.671. The van der Waals surface area contributed by atoms with Gasteiger partial charge in [0.05, 0.1) is 11.2 Å². The maximum Gasteiger partial charge on any atom is 0.198 e. The molecule has 1 saturated carbocycles. The summed E-state index contributed by atoms with van der Waals surface area (Å²) in [5, 5.41) is 1.20. The zero-order chi connectivity index (χ0) is 8.67. The second kappa shape index (κ2) is 2.52. The van der Waals surface area contributed by atoms with Crippen LogP contribution in [-0.4, -0.2) is 9.97 Å². The van der Waals surface area contributed by atoms with E-state index in [9.17, 15) is 0 Å². The molecule has 63 valence electrons. The molecule has 2 aromatic rings. The molecule has 1 aliphatic carbocycles. The smallest absolute Gasteiger partial charge is 0.198 e. The van der Waals surface area contributed by atoms with Crippen LogP contribution < -0.4 is 0 Å². The lowest BCUT2D eigenvalue weighted by molar-refractivity contribution is 1.01. The van der Waals surface area contributed by atoms with Crippen LogP contribution in [0.1, 0.15) is 24.5 Å². The van der Waals surface area contributed by atoms with E-state index in [-0.39, 0.29) is 0 Å². The molecule has 1 radical (unpaired) electrons. The Hall–Kier alpha value is -1.44. The molecule has 0 unspecified atom stereocenters. The quantitative estimate of drug-likeness (QED) is 0.654. The van der Waals surface area contributed by atoms with Crippen LogP contribution in [0.15, 0.2) is 24.3 Å². The number of benzene rings is 1. The molecule has 0 N–H and O–H groups in total. The number of aromatic nitrogens is 2. The van der Waals surface area contributed by atoms with Gasteiger partial charge in [-0.05, 0) is 18.9 Å². The lowest BCUT2D eigenvalue weighted by Gasteiger charge is -2.00. The molecule has 0 amide bonds. The van der Waals surface area contributed by atoms with Gasteiger partial charge in [-0.3, -0.25) is 0 Å². The maximum absolute atomic E-state index is 4.23. The fourth-order valence-electron chi connectivity index (χ4n) is 1.65. The summed E-state index contributed by atoms with van der Waals surface area (Å²) in [5.41, 5.74) is 2.20. The minimum Gasteiger partial charge on any atom is -0.229 e. The van der Waals surface area contributed by atoms with Gasteiger partial charge in [-0.2, -0.15) is 0 Å². The molecular formula is C11H9N2. The maximum atomic E-state index is 4.23. The number of fused-ring (bicyclic) bond motifs is 1. The Morgan fingerprint density at radius 3 is 2.85 bits per heavy atom. The predicted octanol–water partition coefficient (Wildman–Crippen LogP) is 2.31. The van der Waals surface area contributed by atoms with E-state index in [1.807, 2.05) is 18.2 Å². The van der Waals surface area contributed by atoms with Crippen molar-refractivity contribution in [1.29, 1.82) is 0 Å². The fourth-order valence-corrected chi connectivity index (χ4v) is 1.65. The zero-order valence-corrected chi connectivity index (χ0v) is 7.20. The topological polar surface area (TPSA) is 25.8 Å². The van der Waals surface area contributed by atoms with Crippen molar-refractivity contribution < 1.29 is 0 Å². The van der Waals surface area contributed by atoms with Crippen LogP contribution >= 0.6 is 0 Å². The number of hydrogen-bond donors (Lipinski definition) is 0. The van der Waals surface area contributed by atoms with Gasteiger partial charge in [0.1, 0.15) is 0 Å². The highest BCUT2D eigenvalue weighted by atomic mass is 14.8. The number of para-hydroxylation sites is 1. The van der Waals surface area contributed by atoms with Gasteiger partial charge in [-0.15, -0.1) is 0 Å². The molecule has 2 nitrogen and oxygen atoms in total. The highest BCUT2D eigenvalue weighted by molar-refractivity contribution is 5.81. The minimum atomic E-state index is 0.671. The van der Waals surface area contributed by atoms with E-state index < -0.39 is 0 Å². The summed E-state index contributed by atoms with van der Waals surface area (Å²) in [6, 6.07) is 8.15. The molecular weight excluding hydrogens is 160 g/mol. The predicted molar refractivity (Wildman–Crippen MR) is 50.3 cm³/mol. The van der Waals surface area contributed by atoms with Gasteiger partial charge in [0.25, 0.3) is 0 Å². The van der Waals surface area contributed by atoms with E-state index in [4.69, 9.17) is 0 Å². The average Bonchev–Trinajstić information content (AvgIpc) is 3.00. The van der Waals surface area contributed by atoms with Crippen molar-refractivity contribution in [2.24, 2.45) is 0 Å². The minimum absolute atomic E-state index is 0.671. The van der Waals surface area contributed by atoms with Crippen molar-refractivity contribution in [2.45, 2.75) is 18.8 Å². The van der Waals surface area contributed by atoms with E-state index in [0.717, 1.165) is 5.52 Å². The van der Waals surface area contributed by atoms with Crippen molar-refractivity contribution >= 4 is 10.9 Å². The van der Waals surface area contributed by atoms with Gasteiger partial charge in [0, 0.05) is 11.3 Å². The van der Waals surface area contributed by atoms with Crippen LogP contribution in [0.4, 0.5) is 0 Å². The summed E-state index contributed by atoms with van der Waals surface area (Å²) >= 11 is 0. The van der Waals surface area contributed by atoms with Crippen molar-refractivity contribution in [3.63, 3.8) is 0 Å². The van der Waals surface area contributed by atoms with Crippen LogP contribution in [0.5, 0.6) is 0 Å². The van der Waals surface area contributed by atoms with Gasteiger partial charge >= 0.3 is 0 Å². The van der Waals surface area contributed by atoms with Gasteiger partial charge in [-0.1, -0.05) is 18.2 Å². The van der Waals surface area contributed by atoms with Gasteiger partial charge < -0.3 is 0 Å². The van der Waals surface area contributed by atoms with Gasteiger partial charge in [0.2, 0.25) is 0 Å². The molecule has 3 rings (SSSR count). The molecule has 0 spiro atoms. The Labute approximate surface area is 76.6 Å². The van der Waals surface area contributed by atoms with Crippen LogP contribution in [-0.2, 0) is 0 Å². The first kappa shape index (κ1) is 7.01. The molecule has 1 heterocycles. The third-order valence-corrected chi connectivity index (χ3v) is 2.48. The Morgan fingerprint density at radius 2 is 2.00 bits per heavy atom.